The Bertz CT molecular complexity index is 1030. The number of rotatable bonds is 8. The second kappa shape index (κ2) is 9.92. The molecule has 150 valence electrons. The molecule has 0 saturated heterocycles. The van der Waals surface area contributed by atoms with Gasteiger partial charge in [-0.15, -0.1) is 0 Å². The molecule has 9 heteroatoms. The van der Waals surface area contributed by atoms with E-state index in [-0.39, 0.29) is 30.8 Å². The predicted octanol–water partition coefficient (Wildman–Crippen LogP) is 2.69. The third kappa shape index (κ3) is 5.95. The number of benzene rings is 1. The molecule has 0 aliphatic heterocycles. The molecule has 0 atom stereocenters. The van der Waals surface area contributed by atoms with Crippen LogP contribution < -0.4 is 5.56 Å². The van der Waals surface area contributed by atoms with Crippen LogP contribution in [0.4, 0.5) is 4.39 Å². The minimum absolute atomic E-state index is 0.106. The fourth-order valence-corrected chi connectivity index (χ4v) is 3.46. The molecule has 0 unspecified atom stereocenters. The molecule has 29 heavy (non-hydrogen) atoms. The van der Waals surface area contributed by atoms with E-state index in [4.69, 9.17) is 4.74 Å². The average Bonchev–Trinajstić information content (AvgIpc) is 2.71. The molecule has 0 spiro atoms. The number of aromatic nitrogens is 4. The zero-order chi connectivity index (χ0) is 20.6. The van der Waals surface area contributed by atoms with Gasteiger partial charge in [0, 0.05) is 30.1 Å². The summed E-state index contributed by atoms with van der Waals surface area (Å²) in [6.07, 6.45) is 4.77. The van der Waals surface area contributed by atoms with E-state index in [0.717, 1.165) is 11.1 Å². The second-order valence-electron chi connectivity index (χ2n) is 6.12. The standard InChI is InChI=1S/C20H19FN4O3S/c1-2-28-18(26)8-17-16(7-14-9-22-12-23-10-14)19(27)25-20(24-17)29-11-13-3-5-15(21)6-4-13/h3-6,9-10,12H,2,7-8,11H2,1H3,(H,24,25,27). The van der Waals surface area contributed by atoms with E-state index in [1.165, 1.54) is 30.2 Å². The molecule has 3 aromatic rings. The molecule has 2 aromatic heterocycles. The lowest BCUT2D eigenvalue weighted by molar-refractivity contribution is -0.142. The molecule has 7 nitrogen and oxygen atoms in total. The molecule has 0 aliphatic carbocycles. The van der Waals surface area contributed by atoms with Gasteiger partial charge in [0.2, 0.25) is 0 Å². The third-order valence-corrected chi connectivity index (χ3v) is 4.92. The minimum Gasteiger partial charge on any atom is -0.466 e. The van der Waals surface area contributed by atoms with Gasteiger partial charge in [-0.3, -0.25) is 9.59 Å². The van der Waals surface area contributed by atoms with E-state index in [1.54, 1.807) is 31.5 Å². The largest absolute Gasteiger partial charge is 0.466 e. The van der Waals surface area contributed by atoms with Crippen molar-refractivity contribution >= 4 is 17.7 Å². The Morgan fingerprint density at radius 1 is 1.17 bits per heavy atom. The van der Waals surface area contributed by atoms with Crippen LogP contribution in [-0.2, 0) is 28.1 Å². The van der Waals surface area contributed by atoms with Crippen LogP contribution in [0.2, 0.25) is 0 Å². The lowest BCUT2D eigenvalue weighted by Gasteiger charge is -2.10. The maximum absolute atomic E-state index is 13.0. The number of nitrogens with one attached hydrogen (secondary N) is 1. The zero-order valence-electron chi connectivity index (χ0n) is 15.7. The van der Waals surface area contributed by atoms with Gasteiger partial charge in [-0.25, -0.2) is 19.3 Å². The monoisotopic (exact) mass is 414 g/mol. The highest BCUT2D eigenvalue weighted by atomic mass is 32.2. The predicted molar refractivity (Wildman–Crippen MR) is 106 cm³/mol. The lowest BCUT2D eigenvalue weighted by Crippen LogP contribution is -2.22. The summed E-state index contributed by atoms with van der Waals surface area (Å²) in [6, 6.07) is 6.10. The second-order valence-corrected chi connectivity index (χ2v) is 7.08. The van der Waals surface area contributed by atoms with Crippen molar-refractivity contribution in [2.45, 2.75) is 30.7 Å². The number of aromatic amines is 1. The Labute approximate surface area is 170 Å². The Hall–Kier alpha value is -3.07. The number of carbonyl (C=O) groups is 1. The van der Waals surface area contributed by atoms with Gasteiger partial charge < -0.3 is 9.72 Å². The number of thioether (sulfide) groups is 1. The Balaban J connectivity index is 1.86. The lowest BCUT2D eigenvalue weighted by atomic mass is 10.1. The highest BCUT2D eigenvalue weighted by molar-refractivity contribution is 7.98. The van der Waals surface area contributed by atoms with E-state index in [2.05, 4.69) is 19.9 Å². The van der Waals surface area contributed by atoms with E-state index in [1.807, 2.05) is 0 Å². The first-order chi connectivity index (χ1) is 14.0. The van der Waals surface area contributed by atoms with E-state index in [0.29, 0.717) is 22.2 Å². The van der Waals surface area contributed by atoms with Crippen LogP contribution in [0.3, 0.4) is 0 Å². The van der Waals surface area contributed by atoms with E-state index < -0.39 is 5.97 Å². The van der Waals surface area contributed by atoms with Gasteiger partial charge in [0.25, 0.3) is 5.56 Å². The molecule has 3 rings (SSSR count). The number of hydrogen-bond acceptors (Lipinski definition) is 7. The van der Waals surface area contributed by atoms with Crippen molar-refractivity contribution in [3.63, 3.8) is 0 Å². The number of esters is 1. The third-order valence-electron chi connectivity index (χ3n) is 3.98. The van der Waals surface area contributed by atoms with E-state index in [9.17, 15) is 14.0 Å². The van der Waals surface area contributed by atoms with Crippen LogP contribution in [0.25, 0.3) is 0 Å². The van der Waals surface area contributed by atoms with Gasteiger partial charge in [0.05, 0.1) is 18.7 Å². The summed E-state index contributed by atoms with van der Waals surface area (Å²) in [5.41, 5.74) is 2.02. The average molecular weight is 414 g/mol. The number of hydrogen-bond donors (Lipinski definition) is 1. The minimum atomic E-state index is -0.453. The first kappa shape index (κ1) is 20.7. The van der Waals surface area contributed by atoms with Crippen molar-refractivity contribution in [3.8, 4) is 0 Å². The van der Waals surface area contributed by atoms with Crippen LogP contribution in [0.5, 0.6) is 0 Å². The quantitative estimate of drug-likeness (QED) is 0.344. The summed E-state index contributed by atoms with van der Waals surface area (Å²) < 4.78 is 18.1. The number of halogens is 1. The van der Waals surface area contributed by atoms with Crippen LogP contribution in [0, 0.1) is 5.82 Å². The number of nitrogens with zero attached hydrogens (tertiary/aromatic N) is 3. The summed E-state index contributed by atoms with van der Waals surface area (Å²) >= 11 is 1.30. The van der Waals surface area contributed by atoms with Gasteiger partial charge >= 0.3 is 5.97 Å². The van der Waals surface area contributed by atoms with Crippen LogP contribution in [-0.4, -0.2) is 32.5 Å². The molecule has 0 bridgehead atoms. The summed E-state index contributed by atoms with van der Waals surface area (Å²) in [7, 11) is 0. The number of carbonyl (C=O) groups excluding carboxylic acids is 1. The molecule has 0 radical (unpaired) electrons. The summed E-state index contributed by atoms with van der Waals surface area (Å²) in [4.78, 5) is 39.8. The van der Waals surface area contributed by atoms with Crippen molar-refractivity contribution in [1.29, 1.82) is 0 Å². The smallest absolute Gasteiger partial charge is 0.311 e. The van der Waals surface area contributed by atoms with Crippen molar-refractivity contribution in [2.75, 3.05) is 6.61 Å². The molecule has 1 N–H and O–H groups in total. The number of H-pyrrole nitrogens is 1. The van der Waals surface area contributed by atoms with Crippen LogP contribution in [0.15, 0.2) is 52.9 Å². The van der Waals surface area contributed by atoms with Crippen molar-refractivity contribution in [3.05, 3.63) is 81.5 Å². The maximum atomic E-state index is 13.0. The van der Waals surface area contributed by atoms with Crippen molar-refractivity contribution in [1.82, 2.24) is 19.9 Å². The highest BCUT2D eigenvalue weighted by Crippen LogP contribution is 2.20. The summed E-state index contributed by atoms with van der Waals surface area (Å²) in [5, 5.41) is 0.381. The maximum Gasteiger partial charge on any atom is 0.311 e. The van der Waals surface area contributed by atoms with Gasteiger partial charge in [0.15, 0.2) is 5.16 Å². The molecule has 0 amide bonds. The highest BCUT2D eigenvalue weighted by Gasteiger charge is 2.17. The summed E-state index contributed by atoms with van der Waals surface area (Å²) in [5.74, 6) is -0.268. The first-order valence-electron chi connectivity index (χ1n) is 8.94. The van der Waals surface area contributed by atoms with Gasteiger partial charge in [-0.05, 0) is 30.2 Å². The van der Waals surface area contributed by atoms with Crippen LogP contribution in [0.1, 0.15) is 29.3 Å². The number of ether oxygens (including phenoxy) is 1. The Morgan fingerprint density at radius 2 is 1.90 bits per heavy atom. The first-order valence-corrected chi connectivity index (χ1v) is 9.92. The van der Waals surface area contributed by atoms with Gasteiger partial charge in [-0.1, -0.05) is 23.9 Å². The molecule has 0 fully saturated rings. The fourth-order valence-electron chi connectivity index (χ4n) is 2.62. The van der Waals surface area contributed by atoms with E-state index >= 15 is 0 Å². The Kier molecular flexibility index (Phi) is 7.07. The normalized spacial score (nSPS) is 10.7. The van der Waals surface area contributed by atoms with Gasteiger partial charge in [0.1, 0.15) is 12.1 Å². The molecule has 0 aliphatic rings. The van der Waals surface area contributed by atoms with Crippen LogP contribution >= 0.6 is 11.8 Å². The molecule has 2 heterocycles. The molecule has 1 aromatic carbocycles. The molecular formula is C20H19FN4O3S. The van der Waals surface area contributed by atoms with Crippen molar-refractivity contribution in [2.24, 2.45) is 0 Å². The van der Waals surface area contributed by atoms with Gasteiger partial charge in [-0.2, -0.15) is 0 Å². The summed E-state index contributed by atoms with van der Waals surface area (Å²) in [6.45, 7) is 1.96. The molecular weight excluding hydrogens is 395 g/mol. The van der Waals surface area contributed by atoms with Crippen molar-refractivity contribution < 1.29 is 13.9 Å². The topological polar surface area (TPSA) is 97.8 Å². The Morgan fingerprint density at radius 3 is 2.59 bits per heavy atom. The fraction of sp³-hybridized carbons (Fsp3) is 0.250. The SMILES string of the molecule is CCOC(=O)Cc1nc(SCc2ccc(F)cc2)[nH]c(=O)c1Cc1cncnc1. The molecule has 0 saturated carbocycles. The zero-order valence-corrected chi connectivity index (χ0v) is 16.5.